The summed E-state index contributed by atoms with van der Waals surface area (Å²) in [6.45, 7) is 8.80. The lowest BCUT2D eigenvalue weighted by Gasteiger charge is -2.19. The smallest absolute Gasteiger partial charge is 0.331 e. The molecular weight excluding hydrogens is 310 g/mol. The fourth-order valence-electron chi connectivity index (χ4n) is 3.49. The van der Waals surface area contributed by atoms with Gasteiger partial charge in [0.05, 0.1) is 6.61 Å². The summed E-state index contributed by atoms with van der Waals surface area (Å²) in [5.41, 5.74) is 3.40. The van der Waals surface area contributed by atoms with Gasteiger partial charge in [-0.15, -0.1) is 0 Å². The molecule has 1 heterocycles. The van der Waals surface area contributed by atoms with Gasteiger partial charge in [-0.1, -0.05) is 39.7 Å². The van der Waals surface area contributed by atoms with Gasteiger partial charge in [0, 0.05) is 29.2 Å². The summed E-state index contributed by atoms with van der Waals surface area (Å²) in [7, 11) is 0. The molecule has 0 spiro atoms. The first kappa shape index (κ1) is 19.3. The Kier molecular flexibility index (Phi) is 7.30. The number of esters is 1. The van der Waals surface area contributed by atoms with Crippen molar-refractivity contribution in [1.29, 1.82) is 0 Å². The van der Waals surface area contributed by atoms with Crippen LogP contribution in [0.3, 0.4) is 0 Å². The van der Waals surface area contributed by atoms with Crippen molar-refractivity contribution in [2.45, 2.75) is 65.8 Å². The third-order valence-electron chi connectivity index (χ3n) is 4.69. The van der Waals surface area contributed by atoms with E-state index in [1.54, 1.807) is 6.08 Å². The second-order valence-electron chi connectivity index (χ2n) is 6.50. The summed E-state index contributed by atoms with van der Waals surface area (Å²) in [6.07, 6.45) is 9.46. The first-order valence-electron chi connectivity index (χ1n) is 9.62. The van der Waals surface area contributed by atoms with Crippen molar-refractivity contribution >= 4 is 22.4 Å². The predicted molar refractivity (Wildman–Crippen MR) is 106 cm³/mol. The zero-order chi connectivity index (χ0) is 18.2. The molecule has 0 aliphatic rings. The standard InChI is InChI=1S/C22H31NO2/c1-5-9-20(10-6-2)23-14-13-19-15-18(11-12-21(19)23)17(7-3)16-22(24)25-8-4/h11-16,20H,5-10H2,1-4H3/b17-16+. The molecule has 3 nitrogen and oxygen atoms in total. The summed E-state index contributed by atoms with van der Waals surface area (Å²) < 4.78 is 7.48. The van der Waals surface area contributed by atoms with Crippen LogP contribution in [0.4, 0.5) is 0 Å². The zero-order valence-electron chi connectivity index (χ0n) is 16.0. The van der Waals surface area contributed by atoms with Gasteiger partial charge >= 0.3 is 5.97 Å². The van der Waals surface area contributed by atoms with Crippen LogP contribution >= 0.6 is 0 Å². The topological polar surface area (TPSA) is 31.2 Å². The zero-order valence-corrected chi connectivity index (χ0v) is 16.0. The van der Waals surface area contributed by atoms with Gasteiger partial charge in [0.25, 0.3) is 0 Å². The van der Waals surface area contributed by atoms with E-state index in [-0.39, 0.29) is 5.97 Å². The number of hydrogen-bond acceptors (Lipinski definition) is 2. The molecular formula is C22H31NO2. The molecule has 1 aromatic heterocycles. The van der Waals surface area contributed by atoms with E-state index in [9.17, 15) is 4.79 Å². The lowest BCUT2D eigenvalue weighted by Crippen LogP contribution is -2.07. The van der Waals surface area contributed by atoms with Gasteiger partial charge in [-0.25, -0.2) is 4.79 Å². The maximum Gasteiger partial charge on any atom is 0.331 e. The maximum atomic E-state index is 11.8. The van der Waals surface area contributed by atoms with Crippen LogP contribution in [0, 0.1) is 0 Å². The normalized spacial score (nSPS) is 12.1. The van der Waals surface area contributed by atoms with Crippen LogP contribution in [-0.2, 0) is 9.53 Å². The number of carbonyl (C=O) groups excluding carboxylic acids is 1. The monoisotopic (exact) mass is 341 g/mol. The number of ether oxygens (including phenoxy) is 1. The molecule has 0 unspecified atom stereocenters. The molecule has 0 fully saturated rings. The van der Waals surface area contributed by atoms with Gasteiger partial charge in [-0.2, -0.15) is 0 Å². The van der Waals surface area contributed by atoms with Crippen LogP contribution in [0.25, 0.3) is 16.5 Å². The SMILES string of the molecule is CCCC(CCC)n1ccc2cc(/C(=C/C(=O)OCC)CC)ccc21. The van der Waals surface area contributed by atoms with E-state index in [1.165, 1.54) is 36.6 Å². The number of allylic oxidation sites excluding steroid dienone is 1. The fraction of sp³-hybridized carbons (Fsp3) is 0.500. The molecule has 0 saturated heterocycles. The Hall–Kier alpha value is -2.03. The van der Waals surface area contributed by atoms with Crippen LogP contribution in [0.5, 0.6) is 0 Å². The second-order valence-corrected chi connectivity index (χ2v) is 6.50. The van der Waals surface area contributed by atoms with Crippen molar-refractivity contribution in [3.63, 3.8) is 0 Å². The molecule has 0 N–H and O–H groups in total. The highest BCUT2D eigenvalue weighted by Crippen LogP contribution is 2.29. The maximum absolute atomic E-state index is 11.8. The second kappa shape index (κ2) is 9.45. The molecule has 1 aromatic carbocycles. The van der Waals surface area contributed by atoms with Gasteiger partial charge in [0.2, 0.25) is 0 Å². The van der Waals surface area contributed by atoms with Crippen molar-refractivity contribution in [3.8, 4) is 0 Å². The minimum atomic E-state index is -0.261. The van der Waals surface area contributed by atoms with Crippen LogP contribution in [0.2, 0.25) is 0 Å². The Balaban J connectivity index is 2.36. The highest BCUT2D eigenvalue weighted by molar-refractivity contribution is 5.93. The van der Waals surface area contributed by atoms with Crippen molar-refractivity contribution in [3.05, 3.63) is 42.1 Å². The quantitative estimate of drug-likeness (QED) is 0.405. The van der Waals surface area contributed by atoms with Crippen molar-refractivity contribution in [2.75, 3.05) is 6.61 Å². The van der Waals surface area contributed by atoms with Gasteiger partial charge in [0.15, 0.2) is 0 Å². The third-order valence-corrected chi connectivity index (χ3v) is 4.69. The van der Waals surface area contributed by atoms with E-state index in [4.69, 9.17) is 4.74 Å². The first-order chi connectivity index (χ1) is 12.1. The van der Waals surface area contributed by atoms with Crippen molar-refractivity contribution in [2.24, 2.45) is 0 Å². The molecule has 0 aliphatic carbocycles. The van der Waals surface area contributed by atoms with Crippen molar-refractivity contribution < 1.29 is 9.53 Å². The number of fused-ring (bicyclic) bond motifs is 1. The highest BCUT2D eigenvalue weighted by Gasteiger charge is 2.13. The minimum absolute atomic E-state index is 0.261. The van der Waals surface area contributed by atoms with Crippen LogP contribution in [-0.4, -0.2) is 17.1 Å². The number of benzene rings is 1. The Bertz CT molecular complexity index is 721. The Morgan fingerprint density at radius 2 is 1.84 bits per heavy atom. The predicted octanol–water partition coefficient (Wildman–Crippen LogP) is 6.14. The lowest BCUT2D eigenvalue weighted by atomic mass is 10.0. The Labute approximate surface area is 151 Å². The Morgan fingerprint density at radius 3 is 2.44 bits per heavy atom. The van der Waals surface area contributed by atoms with Gasteiger partial charge in [0.1, 0.15) is 0 Å². The number of nitrogens with zero attached hydrogens (tertiary/aromatic N) is 1. The summed E-state index contributed by atoms with van der Waals surface area (Å²) in [5, 5.41) is 1.23. The summed E-state index contributed by atoms with van der Waals surface area (Å²) in [5.74, 6) is -0.261. The summed E-state index contributed by atoms with van der Waals surface area (Å²) in [4.78, 5) is 11.8. The van der Waals surface area contributed by atoms with Gasteiger partial charge in [-0.3, -0.25) is 0 Å². The average molecular weight is 341 g/mol. The third kappa shape index (κ3) is 4.75. The van der Waals surface area contributed by atoms with Crippen LogP contribution < -0.4 is 0 Å². The average Bonchev–Trinajstić information content (AvgIpc) is 3.02. The molecule has 0 saturated carbocycles. The molecule has 3 heteroatoms. The number of carbonyl (C=O) groups is 1. The molecule has 0 amide bonds. The lowest BCUT2D eigenvalue weighted by molar-refractivity contribution is -0.137. The largest absolute Gasteiger partial charge is 0.463 e. The first-order valence-corrected chi connectivity index (χ1v) is 9.62. The molecule has 0 atom stereocenters. The Morgan fingerprint density at radius 1 is 1.12 bits per heavy atom. The van der Waals surface area contributed by atoms with Gasteiger partial charge in [-0.05, 0) is 55.5 Å². The molecule has 0 bridgehead atoms. The molecule has 2 aromatic rings. The number of aromatic nitrogens is 1. The number of hydrogen-bond donors (Lipinski definition) is 0. The molecule has 25 heavy (non-hydrogen) atoms. The van der Waals surface area contributed by atoms with E-state index in [2.05, 4.69) is 55.8 Å². The van der Waals surface area contributed by atoms with E-state index in [0.717, 1.165) is 17.6 Å². The van der Waals surface area contributed by atoms with Gasteiger partial charge < -0.3 is 9.30 Å². The molecule has 2 rings (SSSR count). The van der Waals surface area contributed by atoms with E-state index >= 15 is 0 Å². The van der Waals surface area contributed by atoms with E-state index in [0.29, 0.717) is 12.6 Å². The van der Waals surface area contributed by atoms with E-state index in [1.807, 2.05) is 6.92 Å². The number of rotatable bonds is 9. The fourth-order valence-corrected chi connectivity index (χ4v) is 3.49. The molecule has 0 radical (unpaired) electrons. The molecule has 0 aliphatic heterocycles. The molecule has 136 valence electrons. The summed E-state index contributed by atoms with van der Waals surface area (Å²) in [6, 6.07) is 9.27. The van der Waals surface area contributed by atoms with Crippen molar-refractivity contribution in [1.82, 2.24) is 4.57 Å². The van der Waals surface area contributed by atoms with Crippen LogP contribution in [0.15, 0.2) is 36.5 Å². The minimum Gasteiger partial charge on any atom is -0.463 e. The van der Waals surface area contributed by atoms with E-state index < -0.39 is 0 Å². The van der Waals surface area contributed by atoms with Crippen LogP contribution in [0.1, 0.15) is 71.4 Å². The highest BCUT2D eigenvalue weighted by atomic mass is 16.5. The summed E-state index contributed by atoms with van der Waals surface area (Å²) >= 11 is 0.